The molecule has 0 heterocycles. The van der Waals surface area contributed by atoms with Gasteiger partial charge in [0.15, 0.2) is 0 Å². The topological polar surface area (TPSA) is 93.2 Å². The zero-order valence-electron chi connectivity index (χ0n) is 11.2. The van der Waals surface area contributed by atoms with Crippen LogP contribution < -0.4 is 22.1 Å². The second kappa shape index (κ2) is 7.13. The lowest BCUT2D eigenvalue weighted by atomic mass is 9.84. The van der Waals surface area contributed by atoms with Crippen LogP contribution in [-0.4, -0.2) is 30.0 Å². The Labute approximate surface area is 114 Å². The van der Waals surface area contributed by atoms with Crippen LogP contribution in [0.25, 0.3) is 0 Å². The molecule has 0 spiro atoms. The maximum Gasteiger partial charge on any atom is 0.217 e. The molecule has 0 aromatic carbocycles. The Morgan fingerprint density at radius 1 is 1.44 bits per heavy atom. The molecule has 0 aromatic heterocycles. The van der Waals surface area contributed by atoms with Crippen molar-refractivity contribution in [3.05, 3.63) is 23.4 Å². The molecule has 0 bridgehead atoms. The van der Waals surface area contributed by atoms with Crippen LogP contribution >= 0.6 is 12.2 Å². The smallest absolute Gasteiger partial charge is 0.217 e. The van der Waals surface area contributed by atoms with Crippen molar-refractivity contribution < 1.29 is 4.79 Å². The Morgan fingerprint density at radius 3 is 2.33 bits per heavy atom. The maximum absolute atomic E-state index is 11.3. The molecule has 1 atom stereocenters. The number of carbonyl (C=O) groups is 1. The van der Waals surface area contributed by atoms with Gasteiger partial charge in [0.25, 0.3) is 0 Å². The molecule has 0 saturated carbocycles. The van der Waals surface area contributed by atoms with E-state index < -0.39 is 5.54 Å². The normalized spacial score (nSPS) is 15.1. The number of hydrogen-bond donors (Lipinski definition) is 4. The van der Waals surface area contributed by atoms with Crippen LogP contribution in [0.2, 0.25) is 0 Å². The lowest BCUT2D eigenvalue weighted by molar-refractivity contribution is -0.120. The molecule has 0 saturated heterocycles. The van der Waals surface area contributed by atoms with Gasteiger partial charge in [0.2, 0.25) is 5.91 Å². The van der Waals surface area contributed by atoms with Crippen molar-refractivity contribution >= 4 is 23.6 Å². The van der Waals surface area contributed by atoms with Gasteiger partial charge in [-0.25, -0.2) is 0 Å². The van der Waals surface area contributed by atoms with Crippen LogP contribution in [0.3, 0.4) is 0 Å². The van der Waals surface area contributed by atoms with E-state index >= 15 is 0 Å². The monoisotopic (exact) mass is 270 g/mol. The molecule has 1 amide bonds. The minimum atomic E-state index is -0.904. The summed E-state index contributed by atoms with van der Waals surface area (Å²) in [5, 5.41) is 5.71. The van der Waals surface area contributed by atoms with Crippen molar-refractivity contribution in [2.24, 2.45) is 11.5 Å². The lowest BCUT2D eigenvalue weighted by Crippen LogP contribution is -2.57. The molecule has 102 valence electrons. The number of thiocarbonyl (C=S) groups is 1. The largest absolute Gasteiger partial charge is 0.400 e. The van der Waals surface area contributed by atoms with Gasteiger partial charge in [-0.1, -0.05) is 24.4 Å². The fourth-order valence-corrected chi connectivity index (χ4v) is 1.83. The summed E-state index contributed by atoms with van der Waals surface area (Å²) in [6.07, 6.45) is 0. The number of carbonyl (C=O) groups excluding carboxylic acids is 1. The molecule has 0 aliphatic rings. The van der Waals surface area contributed by atoms with Gasteiger partial charge in [-0.15, -0.1) is 0 Å². The molecule has 0 radical (unpaired) electrons. The van der Waals surface area contributed by atoms with Crippen LogP contribution in [0.5, 0.6) is 0 Å². The van der Waals surface area contributed by atoms with E-state index in [2.05, 4.69) is 17.2 Å². The second-order valence-corrected chi connectivity index (χ2v) is 4.46. The standard InChI is InChI=1S/C12H22N4OS/c1-8(5-15-7-18)9(2)12(6-13,10(3)14)16-11(4)17/h7H,3,5-6,13-14H2,1-2,4H3,(H,15,18)(H,16,17)/b9-8+. The van der Waals surface area contributed by atoms with Crippen molar-refractivity contribution in [3.63, 3.8) is 0 Å². The molecule has 18 heavy (non-hydrogen) atoms. The summed E-state index contributed by atoms with van der Waals surface area (Å²) in [6.45, 7) is 9.69. The molecular weight excluding hydrogens is 248 g/mol. The fourth-order valence-electron chi connectivity index (χ4n) is 1.74. The third-order valence-electron chi connectivity index (χ3n) is 2.97. The van der Waals surface area contributed by atoms with Crippen LogP contribution in [-0.2, 0) is 4.79 Å². The van der Waals surface area contributed by atoms with Gasteiger partial charge in [-0.05, 0) is 19.4 Å². The first-order valence-corrected chi connectivity index (χ1v) is 6.06. The van der Waals surface area contributed by atoms with E-state index in [1.54, 1.807) is 0 Å². The summed E-state index contributed by atoms with van der Waals surface area (Å²) in [6, 6.07) is 0. The second-order valence-electron chi connectivity index (χ2n) is 4.22. The van der Waals surface area contributed by atoms with Crippen LogP contribution in [0.1, 0.15) is 20.8 Å². The van der Waals surface area contributed by atoms with Gasteiger partial charge < -0.3 is 22.1 Å². The highest BCUT2D eigenvalue weighted by Crippen LogP contribution is 2.23. The van der Waals surface area contributed by atoms with Gasteiger partial charge in [0, 0.05) is 25.7 Å². The molecule has 0 aliphatic carbocycles. The van der Waals surface area contributed by atoms with E-state index in [9.17, 15) is 4.79 Å². The van der Waals surface area contributed by atoms with E-state index in [-0.39, 0.29) is 12.5 Å². The first-order chi connectivity index (χ1) is 8.31. The van der Waals surface area contributed by atoms with Crippen molar-refractivity contribution in [1.82, 2.24) is 10.6 Å². The zero-order valence-corrected chi connectivity index (χ0v) is 12.0. The minimum absolute atomic E-state index is 0.155. The van der Waals surface area contributed by atoms with E-state index in [0.717, 1.165) is 11.1 Å². The Hall–Kier alpha value is -1.40. The number of nitrogens with one attached hydrogen (secondary N) is 2. The molecule has 0 rings (SSSR count). The average Bonchev–Trinajstić information content (AvgIpc) is 2.31. The Morgan fingerprint density at radius 2 is 2.00 bits per heavy atom. The Kier molecular flexibility index (Phi) is 6.57. The molecule has 6 heteroatoms. The summed E-state index contributed by atoms with van der Waals surface area (Å²) in [5.74, 6) is -0.206. The Balaban J connectivity index is 5.48. The highest BCUT2D eigenvalue weighted by molar-refractivity contribution is 7.78. The van der Waals surface area contributed by atoms with Gasteiger partial charge >= 0.3 is 0 Å². The lowest BCUT2D eigenvalue weighted by Gasteiger charge is -2.36. The van der Waals surface area contributed by atoms with Crippen LogP contribution in [0.15, 0.2) is 23.4 Å². The highest BCUT2D eigenvalue weighted by Gasteiger charge is 2.34. The molecule has 1 unspecified atom stereocenters. The SMILES string of the molecule is C=C(N)C(CN)(NC(C)=O)/C(C)=C(\C)CNC=S. The van der Waals surface area contributed by atoms with Crippen molar-refractivity contribution in [2.45, 2.75) is 26.3 Å². The van der Waals surface area contributed by atoms with Crippen molar-refractivity contribution in [1.29, 1.82) is 0 Å². The average molecular weight is 270 g/mol. The van der Waals surface area contributed by atoms with E-state index in [0.29, 0.717) is 12.2 Å². The van der Waals surface area contributed by atoms with Crippen molar-refractivity contribution in [3.8, 4) is 0 Å². The predicted octanol–water partition coefficient (Wildman–Crippen LogP) is 0.176. The van der Waals surface area contributed by atoms with Gasteiger partial charge in [0.05, 0.1) is 5.49 Å². The highest BCUT2D eigenvalue weighted by atomic mass is 32.1. The number of nitrogens with two attached hydrogens (primary N) is 2. The minimum Gasteiger partial charge on any atom is -0.400 e. The van der Waals surface area contributed by atoms with Crippen molar-refractivity contribution in [2.75, 3.05) is 13.1 Å². The van der Waals surface area contributed by atoms with Gasteiger partial charge in [0.1, 0.15) is 5.54 Å². The van der Waals surface area contributed by atoms with Gasteiger partial charge in [-0.2, -0.15) is 0 Å². The Bertz CT molecular complexity index is 378. The number of rotatable bonds is 7. The van der Waals surface area contributed by atoms with Crippen LogP contribution in [0.4, 0.5) is 0 Å². The third-order valence-corrected chi connectivity index (χ3v) is 3.14. The quantitative estimate of drug-likeness (QED) is 0.391. The third kappa shape index (κ3) is 3.82. The zero-order chi connectivity index (χ0) is 14.3. The summed E-state index contributed by atoms with van der Waals surface area (Å²) >= 11 is 4.70. The summed E-state index contributed by atoms with van der Waals surface area (Å²) < 4.78 is 0. The molecule has 0 aliphatic heterocycles. The maximum atomic E-state index is 11.3. The molecule has 0 fully saturated rings. The molecule has 6 N–H and O–H groups in total. The van der Waals surface area contributed by atoms with E-state index in [4.69, 9.17) is 23.7 Å². The first-order valence-electron chi connectivity index (χ1n) is 5.59. The number of amides is 1. The summed E-state index contributed by atoms with van der Waals surface area (Å²) in [4.78, 5) is 11.3. The van der Waals surface area contributed by atoms with E-state index in [1.165, 1.54) is 12.4 Å². The summed E-state index contributed by atoms with van der Waals surface area (Å²) in [7, 11) is 0. The van der Waals surface area contributed by atoms with E-state index in [1.807, 2.05) is 13.8 Å². The summed E-state index contributed by atoms with van der Waals surface area (Å²) in [5.41, 5.74) is 14.3. The fraction of sp³-hybridized carbons (Fsp3) is 0.500. The molecular formula is C12H22N4OS. The predicted molar refractivity (Wildman–Crippen MR) is 79.0 cm³/mol. The number of hydrogen-bond acceptors (Lipinski definition) is 4. The van der Waals surface area contributed by atoms with Gasteiger partial charge in [-0.3, -0.25) is 4.79 Å². The molecule has 0 aromatic rings. The first kappa shape index (κ1) is 16.6. The molecule has 5 nitrogen and oxygen atoms in total. The van der Waals surface area contributed by atoms with Crippen LogP contribution in [0, 0.1) is 0 Å².